The average Bonchev–Trinajstić information content (AvgIpc) is 3.64. The molecule has 0 nitrogen and oxygen atoms in total. The first-order chi connectivity index (χ1) is 28.3. The van der Waals surface area contributed by atoms with Crippen molar-refractivity contribution in [2.45, 2.75) is 38.5 Å². The molecule has 0 spiro atoms. The molecule has 0 fully saturated rings. The summed E-state index contributed by atoms with van der Waals surface area (Å²) in [6.45, 7) is 9.45. The van der Waals surface area contributed by atoms with E-state index in [-0.39, 0.29) is 10.8 Å². The van der Waals surface area contributed by atoms with E-state index in [1.165, 1.54) is 121 Å². The first kappa shape index (κ1) is 33.4. The van der Waals surface area contributed by atoms with Crippen molar-refractivity contribution < 1.29 is 0 Å². The molecule has 0 radical (unpaired) electrons. The van der Waals surface area contributed by atoms with Crippen molar-refractivity contribution in [2.24, 2.45) is 0 Å². The van der Waals surface area contributed by atoms with Gasteiger partial charge in [0.2, 0.25) is 0 Å². The van der Waals surface area contributed by atoms with Gasteiger partial charge in [0.25, 0.3) is 0 Å². The molecule has 0 saturated heterocycles. The van der Waals surface area contributed by atoms with Crippen LogP contribution in [0.3, 0.4) is 0 Å². The van der Waals surface area contributed by atoms with Crippen LogP contribution < -0.4 is 0 Å². The molecule has 274 valence electrons. The summed E-state index contributed by atoms with van der Waals surface area (Å²) in [6.07, 6.45) is 0. The summed E-state index contributed by atoms with van der Waals surface area (Å²) >= 11 is 0. The maximum absolute atomic E-state index is 2.49. The van der Waals surface area contributed by atoms with Crippen molar-refractivity contribution in [1.29, 1.82) is 0 Å². The van der Waals surface area contributed by atoms with Crippen molar-refractivity contribution in [1.82, 2.24) is 0 Å². The summed E-state index contributed by atoms with van der Waals surface area (Å²) in [5.74, 6) is 0. The Morgan fingerprint density at radius 1 is 0.241 bits per heavy atom. The first-order valence-corrected chi connectivity index (χ1v) is 20.7. The highest BCUT2D eigenvalue weighted by molar-refractivity contribution is 6.24. The highest BCUT2D eigenvalue weighted by Gasteiger charge is 2.36. The van der Waals surface area contributed by atoms with E-state index < -0.39 is 0 Å². The van der Waals surface area contributed by atoms with Crippen LogP contribution >= 0.6 is 0 Å². The summed E-state index contributed by atoms with van der Waals surface area (Å²) < 4.78 is 0. The van der Waals surface area contributed by atoms with Gasteiger partial charge < -0.3 is 0 Å². The standard InChI is InChI=1S/C58H42/c1-57(2)53-22-11-9-19-44(53)51-31-37(25-28-55(51)57)46-34-50-48-30-36(40-21-13-15-35-14-5-6-16-39(35)40)24-27-43(48)47(33-49(50)42-18-8-7-17-41(42)46)38-26-29-56-52(32-38)45-20-10-12-23-54(45)58(56,3)4/h5-34H,1-4H3. The lowest BCUT2D eigenvalue weighted by molar-refractivity contribution is 0.660. The number of rotatable bonds is 3. The molecule has 0 atom stereocenters. The number of hydrogen-bond acceptors (Lipinski definition) is 0. The Balaban J connectivity index is 1.16. The molecule has 10 aromatic carbocycles. The Morgan fingerprint density at radius 3 is 1.29 bits per heavy atom. The van der Waals surface area contributed by atoms with E-state index in [4.69, 9.17) is 0 Å². The van der Waals surface area contributed by atoms with Gasteiger partial charge in [-0.1, -0.05) is 179 Å². The largest absolute Gasteiger partial charge is 0.0619 e. The molecule has 0 heteroatoms. The second-order valence-electron chi connectivity index (χ2n) is 17.6. The van der Waals surface area contributed by atoms with E-state index in [1.807, 2.05) is 0 Å². The second kappa shape index (κ2) is 11.9. The highest BCUT2D eigenvalue weighted by Crippen LogP contribution is 2.52. The monoisotopic (exact) mass is 738 g/mol. The van der Waals surface area contributed by atoms with Gasteiger partial charge in [-0.2, -0.15) is 0 Å². The van der Waals surface area contributed by atoms with Crippen molar-refractivity contribution in [3.63, 3.8) is 0 Å². The fourth-order valence-corrected chi connectivity index (χ4v) is 10.9. The minimum Gasteiger partial charge on any atom is -0.0619 e. The maximum Gasteiger partial charge on any atom is 0.0158 e. The Bertz CT molecular complexity index is 3380. The molecule has 0 N–H and O–H groups in total. The van der Waals surface area contributed by atoms with Gasteiger partial charge in [0.1, 0.15) is 0 Å². The molecule has 0 saturated carbocycles. The van der Waals surface area contributed by atoms with Crippen LogP contribution in [0.15, 0.2) is 182 Å². The van der Waals surface area contributed by atoms with Gasteiger partial charge in [-0.25, -0.2) is 0 Å². The third kappa shape index (κ3) is 4.58. The molecule has 2 aliphatic carbocycles. The highest BCUT2D eigenvalue weighted by atomic mass is 14.4. The van der Waals surface area contributed by atoms with Gasteiger partial charge >= 0.3 is 0 Å². The number of benzene rings is 10. The predicted molar refractivity (Wildman–Crippen MR) is 248 cm³/mol. The van der Waals surface area contributed by atoms with Crippen LogP contribution in [-0.4, -0.2) is 0 Å². The van der Waals surface area contributed by atoms with E-state index >= 15 is 0 Å². The van der Waals surface area contributed by atoms with Gasteiger partial charge in [0.15, 0.2) is 0 Å². The molecule has 0 amide bonds. The topological polar surface area (TPSA) is 0 Å². The minimum atomic E-state index is -0.0364. The van der Waals surface area contributed by atoms with Crippen molar-refractivity contribution in [3.8, 4) is 55.6 Å². The fraction of sp³-hybridized carbons (Fsp3) is 0.103. The van der Waals surface area contributed by atoms with Crippen LogP contribution in [0.25, 0.3) is 98.7 Å². The molecule has 0 aromatic heterocycles. The van der Waals surface area contributed by atoms with Gasteiger partial charge in [-0.05, 0) is 151 Å². The van der Waals surface area contributed by atoms with Crippen LogP contribution in [-0.2, 0) is 10.8 Å². The predicted octanol–water partition coefficient (Wildman–Crippen LogP) is 15.9. The summed E-state index contributed by atoms with van der Waals surface area (Å²) in [4.78, 5) is 0. The third-order valence-electron chi connectivity index (χ3n) is 13.9. The molecule has 0 heterocycles. The van der Waals surface area contributed by atoms with Gasteiger partial charge in [0, 0.05) is 10.8 Å². The maximum atomic E-state index is 2.49. The second-order valence-corrected chi connectivity index (χ2v) is 17.6. The zero-order valence-corrected chi connectivity index (χ0v) is 33.3. The number of hydrogen-bond donors (Lipinski definition) is 0. The lowest BCUT2D eigenvalue weighted by Gasteiger charge is -2.22. The quantitative estimate of drug-likeness (QED) is 0.158. The van der Waals surface area contributed by atoms with Crippen LogP contribution in [0, 0.1) is 0 Å². The molecule has 0 aliphatic heterocycles. The summed E-state index contributed by atoms with van der Waals surface area (Å²) in [7, 11) is 0. The Morgan fingerprint density at radius 2 is 0.655 bits per heavy atom. The van der Waals surface area contributed by atoms with Gasteiger partial charge in [-0.15, -0.1) is 0 Å². The molecule has 0 unspecified atom stereocenters. The third-order valence-corrected chi connectivity index (χ3v) is 13.9. The van der Waals surface area contributed by atoms with E-state index in [0.717, 1.165) is 0 Å². The SMILES string of the molecule is CC1(C)c2ccccc2-c2cc(-c3cc4c5cc(-c6cccc7ccccc67)ccc5c(-c5ccc6c(c5)-c5ccccc5C6(C)C)cc4c4ccccc34)ccc21. The molecule has 12 rings (SSSR count). The Hall–Kier alpha value is -6.76. The van der Waals surface area contributed by atoms with E-state index in [9.17, 15) is 0 Å². The smallest absolute Gasteiger partial charge is 0.0158 e. The van der Waals surface area contributed by atoms with Crippen molar-refractivity contribution in [3.05, 3.63) is 204 Å². The van der Waals surface area contributed by atoms with Gasteiger partial charge in [-0.3, -0.25) is 0 Å². The summed E-state index contributed by atoms with van der Waals surface area (Å²) in [5, 5.41) is 10.2. The minimum absolute atomic E-state index is 0.0318. The van der Waals surface area contributed by atoms with E-state index in [1.54, 1.807) is 0 Å². The molecular weight excluding hydrogens is 697 g/mol. The fourth-order valence-electron chi connectivity index (χ4n) is 10.9. The van der Waals surface area contributed by atoms with Gasteiger partial charge in [0.05, 0.1) is 0 Å². The first-order valence-electron chi connectivity index (χ1n) is 20.7. The summed E-state index contributed by atoms with van der Waals surface area (Å²) in [6, 6.07) is 69.0. The van der Waals surface area contributed by atoms with E-state index in [0.29, 0.717) is 0 Å². The normalized spacial score (nSPS) is 14.5. The van der Waals surface area contributed by atoms with Crippen LogP contribution in [0.4, 0.5) is 0 Å². The van der Waals surface area contributed by atoms with E-state index in [2.05, 4.69) is 210 Å². The van der Waals surface area contributed by atoms with Crippen LogP contribution in [0.5, 0.6) is 0 Å². The Labute approximate surface area is 340 Å². The van der Waals surface area contributed by atoms with Crippen molar-refractivity contribution >= 4 is 43.1 Å². The molecular formula is C58H42. The average molecular weight is 739 g/mol. The molecule has 10 aromatic rings. The zero-order chi connectivity index (χ0) is 38.9. The number of fused-ring (bicyclic) bond motifs is 12. The van der Waals surface area contributed by atoms with Crippen LogP contribution in [0.1, 0.15) is 49.9 Å². The molecule has 2 aliphatic rings. The van der Waals surface area contributed by atoms with Crippen molar-refractivity contribution in [2.75, 3.05) is 0 Å². The lowest BCUT2D eigenvalue weighted by atomic mass is 9.81. The Kier molecular flexibility index (Phi) is 6.84. The molecule has 58 heavy (non-hydrogen) atoms. The summed E-state index contributed by atoms with van der Waals surface area (Å²) in [5.41, 5.74) is 18.5. The lowest BCUT2D eigenvalue weighted by Crippen LogP contribution is -2.14. The zero-order valence-electron chi connectivity index (χ0n) is 33.3. The molecule has 0 bridgehead atoms. The van der Waals surface area contributed by atoms with Crippen LogP contribution in [0.2, 0.25) is 0 Å².